The molecule has 1 saturated heterocycles. The van der Waals surface area contributed by atoms with Gasteiger partial charge < -0.3 is 4.90 Å². The fourth-order valence-electron chi connectivity index (χ4n) is 2.48. The Hall–Kier alpha value is -0.640. The molecule has 0 saturated carbocycles. The fraction of sp³-hybridized carbons (Fsp3) is 0.923. The molecule has 0 aromatic rings. The molecule has 110 valence electrons. The third-order valence-corrected chi connectivity index (χ3v) is 5.46. The Kier molecular flexibility index (Phi) is 6.24. The van der Waals surface area contributed by atoms with Gasteiger partial charge in [0, 0.05) is 13.1 Å². The van der Waals surface area contributed by atoms with E-state index in [1.807, 2.05) is 13.8 Å². The van der Waals surface area contributed by atoms with Gasteiger partial charge in [-0.25, -0.2) is 8.42 Å². The van der Waals surface area contributed by atoms with Crippen molar-refractivity contribution in [3.05, 3.63) is 0 Å². The summed E-state index contributed by atoms with van der Waals surface area (Å²) in [6, 6.07) is 2.39. The zero-order valence-corrected chi connectivity index (χ0v) is 12.8. The van der Waals surface area contributed by atoms with Crippen molar-refractivity contribution >= 4 is 9.84 Å². The van der Waals surface area contributed by atoms with Gasteiger partial charge in [-0.15, -0.1) is 0 Å². The van der Waals surface area contributed by atoms with Crippen molar-refractivity contribution in [2.45, 2.75) is 38.6 Å². The molecule has 0 radical (unpaired) electrons. The number of rotatable bonds is 7. The van der Waals surface area contributed by atoms with Crippen molar-refractivity contribution < 1.29 is 8.42 Å². The molecule has 1 atom stereocenters. The number of sulfone groups is 1. The molecule has 0 spiro atoms. The van der Waals surface area contributed by atoms with Crippen LogP contribution in [0.2, 0.25) is 0 Å². The number of nitrogens with one attached hydrogen (secondary N) is 1. The van der Waals surface area contributed by atoms with E-state index in [4.69, 9.17) is 0 Å². The molecule has 1 heterocycles. The number of nitriles is 1. The summed E-state index contributed by atoms with van der Waals surface area (Å²) in [5, 5.41) is 12.6. The van der Waals surface area contributed by atoms with E-state index in [1.165, 1.54) is 0 Å². The zero-order chi connectivity index (χ0) is 14.4. The number of hydrogen-bond acceptors (Lipinski definition) is 5. The normalized spacial score (nSPS) is 22.6. The lowest BCUT2D eigenvalue weighted by atomic mass is 9.92. The lowest BCUT2D eigenvalue weighted by molar-refractivity contribution is 0.269. The smallest absolute Gasteiger partial charge is 0.152 e. The maximum atomic E-state index is 11.3. The highest BCUT2D eigenvalue weighted by molar-refractivity contribution is 7.91. The highest BCUT2D eigenvalue weighted by Gasteiger charge is 2.27. The Morgan fingerprint density at radius 2 is 1.95 bits per heavy atom. The molecule has 1 unspecified atom stereocenters. The van der Waals surface area contributed by atoms with Crippen molar-refractivity contribution in [3.8, 4) is 6.07 Å². The largest absolute Gasteiger partial charge is 0.301 e. The van der Waals surface area contributed by atoms with E-state index >= 15 is 0 Å². The Labute approximate surface area is 116 Å². The van der Waals surface area contributed by atoms with Gasteiger partial charge >= 0.3 is 0 Å². The maximum Gasteiger partial charge on any atom is 0.152 e. The number of hydrogen-bond donors (Lipinski definition) is 1. The SMILES string of the molecule is CCNC(C#N)(CC)CCCN1CCS(=O)(=O)CC1. The van der Waals surface area contributed by atoms with Crippen LogP contribution in [0.3, 0.4) is 0 Å². The maximum absolute atomic E-state index is 11.3. The van der Waals surface area contributed by atoms with E-state index < -0.39 is 15.4 Å². The van der Waals surface area contributed by atoms with E-state index in [2.05, 4.69) is 16.3 Å². The molecule has 0 aromatic carbocycles. The quantitative estimate of drug-likeness (QED) is 0.749. The molecule has 19 heavy (non-hydrogen) atoms. The molecule has 1 rings (SSSR count). The Balaban J connectivity index is 2.35. The highest BCUT2D eigenvalue weighted by atomic mass is 32.2. The molecule has 6 heteroatoms. The lowest BCUT2D eigenvalue weighted by Gasteiger charge is -2.29. The molecule has 0 bridgehead atoms. The van der Waals surface area contributed by atoms with Crippen LogP contribution in [0.25, 0.3) is 0 Å². The van der Waals surface area contributed by atoms with Gasteiger partial charge in [0.05, 0.1) is 17.6 Å². The van der Waals surface area contributed by atoms with E-state index in [0.717, 1.165) is 32.4 Å². The lowest BCUT2D eigenvalue weighted by Crippen LogP contribution is -2.45. The van der Waals surface area contributed by atoms with Crippen LogP contribution in [-0.4, -0.2) is 56.5 Å². The molecule has 1 aliphatic rings. The van der Waals surface area contributed by atoms with E-state index in [9.17, 15) is 13.7 Å². The van der Waals surface area contributed by atoms with Crippen molar-refractivity contribution in [2.24, 2.45) is 0 Å². The van der Waals surface area contributed by atoms with Crippen molar-refractivity contribution in [3.63, 3.8) is 0 Å². The number of nitrogens with zero attached hydrogens (tertiary/aromatic N) is 2. The minimum Gasteiger partial charge on any atom is -0.301 e. The molecule has 0 amide bonds. The summed E-state index contributed by atoms with van der Waals surface area (Å²) < 4.78 is 22.7. The summed E-state index contributed by atoms with van der Waals surface area (Å²) in [7, 11) is -2.79. The monoisotopic (exact) mass is 287 g/mol. The summed E-state index contributed by atoms with van der Waals surface area (Å²) in [4.78, 5) is 2.19. The van der Waals surface area contributed by atoms with Gasteiger partial charge in [0.15, 0.2) is 9.84 Å². The average Bonchev–Trinajstić information content (AvgIpc) is 2.39. The molecule has 1 N–H and O–H groups in total. The van der Waals surface area contributed by atoms with Crippen LogP contribution >= 0.6 is 0 Å². The summed E-state index contributed by atoms with van der Waals surface area (Å²) in [5.41, 5.74) is -0.420. The van der Waals surface area contributed by atoms with Crippen molar-refractivity contribution in [1.82, 2.24) is 10.2 Å². The summed E-state index contributed by atoms with van der Waals surface area (Å²) in [6.07, 6.45) is 2.54. The zero-order valence-electron chi connectivity index (χ0n) is 12.0. The van der Waals surface area contributed by atoms with Gasteiger partial charge in [0.2, 0.25) is 0 Å². The van der Waals surface area contributed by atoms with Crippen LogP contribution in [0.4, 0.5) is 0 Å². The first-order valence-electron chi connectivity index (χ1n) is 7.06. The standard InChI is InChI=1S/C13H25N3O2S/c1-3-13(12-14,15-4-2)6-5-7-16-8-10-19(17,18)11-9-16/h15H,3-11H2,1-2H3. The van der Waals surface area contributed by atoms with Gasteiger partial charge in [-0.1, -0.05) is 13.8 Å². The summed E-state index contributed by atoms with van der Waals surface area (Å²) in [6.45, 7) is 6.98. The second-order valence-corrected chi connectivity index (χ2v) is 7.48. The average molecular weight is 287 g/mol. The molecular weight excluding hydrogens is 262 g/mol. The first-order valence-corrected chi connectivity index (χ1v) is 8.88. The van der Waals surface area contributed by atoms with E-state index in [0.29, 0.717) is 13.1 Å². The summed E-state index contributed by atoms with van der Waals surface area (Å²) in [5.74, 6) is 0.550. The second-order valence-electron chi connectivity index (χ2n) is 5.17. The van der Waals surface area contributed by atoms with Crippen LogP contribution in [0.1, 0.15) is 33.1 Å². The van der Waals surface area contributed by atoms with Crippen LogP contribution in [0.5, 0.6) is 0 Å². The highest BCUT2D eigenvalue weighted by Crippen LogP contribution is 2.17. The molecular formula is C13H25N3O2S. The molecule has 0 aromatic heterocycles. The van der Waals surface area contributed by atoms with E-state index in [-0.39, 0.29) is 11.5 Å². The second kappa shape index (κ2) is 7.22. The Morgan fingerprint density at radius 1 is 1.32 bits per heavy atom. The van der Waals surface area contributed by atoms with Gasteiger partial charge in [-0.2, -0.15) is 5.26 Å². The first kappa shape index (κ1) is 16.4. The van der Waals surface area contributed by atoms with E-state index in [1.54, 1.807) is 0 Å². The van der Waals surface area contributed by atoms with Crippen LogP contribution in [-0.2, 0) is 9.84 Å². The first-order chi connectivity index (χ1) is 8.97. The van der Waals surface area contributed by atoms with Crippen LogP contribution in [0.15, 0.2) is 0 Å². The Bertz CT molecular complexity index is 402. The van der Waals surface area contributed by atoms with Gasteiger partial charge in [-0.05, 0) is 32.4 Å². The topological polar surface area (TPSA) is 73.2 Å². The van der Waals surface area contributed by atoms with Crippen molar-refractivity contribution in [1.29, 1.82) is 5.26 Å². The molecule has 0 aliphatic carbocycles. The van der Waals surface area contributed by atoms with Gasteiger partial charge in [0.25, 0.3) is 0 Å². The molecule has 5 nitrogen and oxygen atoms in total. The van der Waals surface area contributed by atoms with Gasteiger partial charge in [0.1, 0.15) is 5.54 Å². The Morgan fingerprint density at radius 3 is 2.42 bits per heavy atom. The predicted molar refractivity (Wildman–Crippen MR) is 76.6 cm³/mol. The summed E-state index contributed by atoms with van der Waals surface area (Å²) >= 11 is 0. The van der Waals surface area contributed by atoms with Crippen LogP contribution in [0, 0.1) is 11.3 Å². The molecule has 1 fully saturated rings. The predicted octanol–water partition coefficient (Wildman–Crippen LogP) is 0.779. The fourth-order valence-corrected chi connectivity index (χ4v) is 3.76. The third-order valence-electron chi connectivity index (χ3n) is 3.85. The minimum absolute atomic E-state index is 0.275. The van der Waals surface area contributed by atoms with Crippen LogP contribution < -0.4 is 5.32 Å². The van der Waals surface area contributed by atoms with Gasteiger partial charge in [-0.3, -0.25) is 5.32 Å². The molecule has 1 aliphatic heterocycles. The minimum atomic E-state index is -2.79. The van der Waals surface area contributed by atoms with Crippen molar-refractivity contribution in [2.75, 3.05) is 37.7 Å². The third kappa shape index (κ3) is 5.09.